The summed E-state index contributed by atoms with van der Waals surface area (Å²) < 4.78 is 0. The normalized spacial score (nSPS) is 10.0. The van der Waals surface area contributed by atoms with Gasteiger partial charge in [0.25, 0.3) is 0 Å². The fourth-order valence-corrected chi connectivity index (χ4v) is 1.51. The smallest absolute Gasteiger partial charge is 0.0708 e. The van der Waals surface area contributed by atoms with E-state index in [1.807, 2.05) is 30.4 Å². The summed E-state index contributed by atoms with van der Waals surface area (Å²) in [4.78, 5) is 4.28. The first-order chi connectivity index (χ1) is 6.85. The molecule has 1 aromatic heterocycles. The number of aromatic nitrogens is 1. The van der Waals surface area contributed by atoms with E-state index in [4.69, 9.17) is 0 Å². The van der Waals surface area contributed by atoms with Crippen molar-refractivity contribution in [3.8, 4) is 0 Å². The van der Waals surface area contributed by atoms with Gasteiger partial charge in [0, 0.05) is 11.6 Å². The molecule has 0 saturated heterocycles. The molecule has 0 radical (unpaired) electrons. The Morgan fingerprint density at radius 2 is 1.79 bits per heavy atom. The van der Waals surface area contributed by atoms with Gasteiger partial charge in [-0.3, -0.25) is 4.98 Å². The zero-order valence-corrected chi connectivity index (χ0v) is 7.90. The van der Waals surface area contributed by atoms with Gasteiger partial charge in [0.1, 0.15) is 0 Å². The van der Waals surface area contributed by atoms with Crippen LogP contribution in [0.1, 0.15) is 11.1 Å². The van der Waals surface area contributed by atoms with Gasteiger partial charge in [-0.15, -0.1) is 0 Å². The second kappa shape index (κ2) is 3.46. The Morgan fingerprint density at radius 1 is 1.07 bits per heavy atom. The largest absolute Gasteiger partial charge is 0.256 e. The molecule has 0 fully saturated rings. The number of pyridine rings is 1. The predicted octanol–water partition coefficient (Wildman–Crippen LogP) is 3.52. The highest BCUT2D eigenvalue weighted by Crippen LogP contribution is 2.19. The van der Waals surface area contributed by atoms with E-state index < -0.39 is 0 Å². The van der Waals surface area contributed by atoms with Crippen molar-refractivity contribution in [1.82, 2.24) is 4.98 Å². The third-order valence-electron chi connectivity index (χ3n) is 2.25. The van der Waals surface area contributed by atoms with Crippen LogP contribution in [-0.4, -0.2) is 4.98 Å². The molecule has 0 unspecified atom stereocenters. The van der Waals surface area contributed by atoms with E-state index in [0.29, 0.717) is 0 Å². The molecule has 0 aliphatic rings. The zero-order chi connectivity index (χ0) is 9.97. The first kappa shape index (κ1) is 8.70. The highest BCUT2D eigenvalue weighted by atomic mass is 14.6. The molecule has 2 rings (SSSR count). The van der Waals surface area contributed by atoms with Crippen LogP contribution in [-0.2, 0) is 0 Å². The van der Waals surface area contributed by atoms with Crippen LogP contribution in [0.2, 0.25) is 0 Å². The second-order valence-corrected chi connectivity index (χ2v) is 3.09. The highest BCUT2D eigenvalue weighted by molar-refractivity contribution is 5.85. The van der Waals surface area contributed by atoms with Crippen molar-refractivity contribution in [2.75, 3.05) is 0 Å². The number of nitrogens with zero attached hydrogens (tertiary/aromatic N) is 1. The van der Waals surface area contributed by atoms with Crippen LogP contribution in [0.25, 0.3) is 23.1 Å². The van der Waals surface area contributed by atoms with Crippen LogP contribution in [0.5, 0.6) is 0 Å². The Bertz CT molecular complexity index is 451. The lowest BCUT2D eigenvalue weighted by Gasteiger charge is -2.03. The van der Waals surface area contributed by atoms with Crippen LogP contribution in [0.3, 0.4) is 0 Å². The maximum absolute atomic E-state index is 4.28. The predicted molar refractivity (Wildman–Crippen MR) is 61.9 cm³/mol. The molecule has 1 heterocycles. The SMILES string of the molecule is C=Cc1cc2cccnc2cc1C=C. The van der Waals surface area contributed by atoms with Crippen molar-refractivity contribution in [2.24, 2.45) is 0 Å². The van der Waals surface area contributed by atoms with Gasteiger partial charge < -0.3 is 0 Å². The molecule has 0 atom stereocenters. The van der Waals surface area contributed by atoms with Gasteiger partial charge in [0.15, 0.2) is 0 Å². The quantitative estimate of drug-likeness (QED) is 0.690. The molecule has 2 aromatic rings. The molecule has 0 amide bonds. The molecule has 0 N–H and O–H groups in total. The summed E-state index contributed by atoms with van der Waals surface area (Å²) in [6, 6.07) is 8.08. The Hall–Kier alpha value is -1.89. The lowest BCUT2D eigenvalue weighted by molar-refractivity contribution is 1.41. The van der Waals surface area contributed by atoms with Crippen molar-refractivity contribution in [3.63, 3.8) is 0 Å². The van der Waals surface area contributed by atoms with E-state index in [0.717, 1.165) is 22.0 Å². The van der Waals surface area contributed by atoms with Crippen molar-refractivity contribution in [1.29, 1.82) is 0 Å². The van der Waals surface area contributed by atoms with Crippen LogP contribution in [0.15, 0.2) is 43.6 Å². The van der Waals surface area contributed by atoms with Gasteiger partial charge in [-0.25, -0.2) is 0 Å². The minimum absolute atomic E-state index is 0.994. The first-order valence-corrected chi connectivity index (χ1v) is 4.49. The first-order valence-electron chi connectivity index (χ1n) is 4.49. The summed E-state index contributed by atoms with van der Waals surface area (Å²) >= 11 is 0. The molecule has 0 aliphatic heterocycles. The molecule has 14 heavy (non-hydrogen) atoms. The Kier molecular flexibility index (Phi) is 2.15. The van der Waals surface area contributed by atoms with E-state index in [1.54, 1.807) is 6.20 Å². The average molecular weight is 181 g/mol. The molecule has 1 nitrogen and oxygen atoms in total. The number of rotatable bonds is 2. The molecule has 0 spiro atoms. The van der Waals surface area contributed by atoms with Crippen molar-refractivity contribution < 1.29 is 0 Å². The summed E-state index contributed by atoms with van der Waals surface area (Å²) in [5.41, 5.74) is 3.17. The fourth-order valence-electron chi connectivity index (χ4n) is 1.51. The highest BCUT2D eigenvalue weighted by Gasteiger charge is 1.99. The van der Waals surface area contributed by atoms with Crippen LogP contribution in [0, 0.1) is 0 Å². The van der Waals surface area contributed by atoms with Gasteiger partial charge in [-0.05, 0) is 29.3 Å². The van der Waals surface area contributed by atoms with Crippen molar-refractivity contribution >= 4 is 23.1 Å². The second-order valence-electron chi connectivity index (χ2n) is 3.09. The Balaban J connectivity index is 2.81. The van der Waals surface area contributed by atoms with E-state index in [-0.39, 0.29) is 0 Å². The van der Waals surface area contributed by atoms with Crippen molar-refractivity contribution in [3.05, 3.63) is 54.7 Å². The van der Waals surface area contributed by atoms with E-state index in [1.165, 1.54) is 0 Å². The van der Waals surface area contributed by atoms with Crippen LogP contribution in [0.4, 0.5) is 0 Å². The minimum Gasteiger partial charge on any atom is -0.256 e. The molecular weight excluding hydrogens is 170 g/mol. The standard InChI is InChI=1S/C13H11N/c1-3-10-8-12-6-5-7-14-13(12)9-11(10)4-2/h3-9H,1-2H2. The van der Waals surface area contributed by atoms with Gasteiger partial charge in [0.05, 0.1) is 5.52 Å². The summed E-state index contributed by atoms with van der Waals surface area (Å²) in [5.74, 6) is 0. The van der Waals surface area contributed by atoms with Crippen LogP contribution < -0.4 is 0 Å². The number of fused-ring (bicyclic) bond motifs is 1. The van der Waals surface area contributed by atoms with E-state index in [9.17, 15) is 0 Å². The minimum atomic E-state index is 0.994. The van der Waals surface area contributed by atoms with E-state index >= 15 is 0 Å². The third-order valence-corrected chi connectivity index (χ3v) is 2.25. The molecule has 0 saturated carbocycles. The molecule has 68 valence electrons. The molecule has 0 bridgehead atoms. The molecule has 1 heteroatoms. The lowest BCUT2D eigenvalue weighted by atomic mass is 10.0. The fraction of sp³-hybridized carbons (Fsp3) is 0. The maximum atomic E-state index is 4.28. The Morgan fingerprint density at radius 3 is 2.50 bits per heavy atom. The molecular formula is C13H11N. The number of hydrogen-bond donors (Lipinski definition) is 0. The topological polar surface area (TPSA) is 12.9 Å². The summed E-state index contributed by atoms with van der Waals surface area (Å²) in [6.07, 6.45) is 5.46. The lowest BCUT2D eigenvalue weighted by Crippen LogP contribution is -1.84. The summed E-state index contributed by atoms with van der Waals surface area (Å²) in [7, 11) is 0. The van der Waals surface area contributed by atoms with Gasteiger partial charge in [-0.1, -0.05) is 31.4 Å². The van der Waals surface area contributed by atoms with Crippen molar-refractivity contribution in [2.45, 2.75) is 0 Å². The van der Waals surface area contributed by atoms with Gasteiger partial charge in [0.2, 0.25) is 0 Å². The summed E-state index contributed by atoms with van der Waals surface area (Å²) in [6.45, 7) is 7.55. The zero-order valence-electron chi connectivity index (χ0n) is 7.90. The monoisotopic (exact) mass is 181 g/mol. The number of benzene rings is 1. The number of hydrogen-bond acceptors (Lipinski definition) is 1. The average Bonchev–Trinajstić information content (AvgIpc) is 2.27. The molecule has 1 aromatic carbocycles. The third kappa shape index (κ3) is 1.33. The van der Waals surface area contributed by atoms with Gasteiger partial charge >= 0.3 is 0 Å². The maximum Gasteiger partial charge on any atom is 0.0708 e. The Labute approximate surface area is 83.4 Å². The molecule has 0 aliphatic carbocycles. The van der Waals surface area contributed by atoms with E-state index in [2.05, 4.69) is 24.2 Å². The van der Waals surface area contributed by atoms with Crippen LogP contribution >= 0.6 is 0 Å². The van der Waals surface area contributed by atoms with Gasteiger partial charge in [-0.2, -0.15) is 0 Å². The summed E-state index contributed by atoms with van der Waals surface area (Å²) in [5, 5.41) is 1.13.